The second-order valence-electron chi connectivity index (χ2n) is 4.18. The maximum atomic E-state index is 10.7. The van der Waals surface area contributed by atoms with Crippen molar-refractivity contribution in [2.45, 2.75) is 25.9 Å². The van der Waals surface area contributed by atoms with Gasteiger partial charge in [0.05, 0.1) is 12.5 Å². The highest BCUT2D eigenvalue weighted by atomic mass is 16.4. The molecule has 1 aliphatic carbocycles. The van der Waals surface area contributed by atoms with Crippen molar-refractivity contribution in [1.29, 1.82) is 0 Å². The van der Waals surface area contributed by atoms with Crippen molar-refractivity contribution in [3.8, 4) is 0 Å². The zero-order valence-electron chi connectivity index (χ0n) is 8.93. The van der Waals surface area contributed by atoms with Crippen molar-refractivity contribution in [3.05, 3.63) is 23.7 Å². The Balaban J connectivity index is 1.89. The number of hydrogen-bond acceptors (Lipinski definition) is 3. The van der Waals surface area contributed by atoms with Gasteiger partial charge >= 0.3 is 5.97 Å². The lowest BCUT2D eigenvalue weighted by atomic mass is 10.3. The van der Waals surface area contributed by atoms with Crippen LogP contribution in [0.4, 0.5) is 0 Å². The van der Waals surface area contributed by atoms with Gasteiger partial charge in [-0.15, -0.1) is 0 Å². The van der Waals surface area contributed by atoms with Gasteiger partial charge in [-0.1, -0.05) is 0 Å². The Morgan fingerprint density at radius 3 is 2.87 bits per heavy atom. The van der Waals surface area contributed by atoms with Crippen LogP contribution in [0.15, 0.2) is 16.5 Å². The number of aryl methyl sites for hydroxylation is 1. The van der Waals surface area contributed by atoms with E-state index >= 15 is 0 Å². The molecule has 1 aromatic rings. The van der Waals surface area contributed by atoms with Gasteiger partial charge in [0, 0.05) is 6.04 Å². The van der Waals surface area contributed by atoms with Crippen molar-refractivity contribution in [2.24, 2.45) is 5.92 Å². The summed E-state index contributed by atoms with van der Waals surface area (Å²) in [5.41, 5.74) is 0. The van der Waals surface area contributed by atoms with Gasteiger partial charge in [0.25, 0.3) is 0 Å². The molecule has 1 fully saturated rings. The summed E-state index contributed by atoms with van der Waals surface area (Å²) in [7, 11) is 1.94. The molecule has 0 radical (unpaired) electrons. The number of carbonyl (C=O) groups is 1. The molecule has 1 aliphatic rings. The van der Waals surface area contributed by atoms with Gasteiger partial charge in [0.15, 0.2) is 0 Å². The molecule has 4 heteroatoms. The molecule has 1 heterocycles. The average molecular weight is 209 g/mol. The summed E-state index contributed by atoms with van der Waals surface area (Å²) in [6, 6.07) is 4.03. The van der Waals surface area contributed by atoms with Crippen LogP contribution >= 0.6 is 0 Å². The van der Waals surface area contributed by atoms with E-state index in [1.807, 2.05) is 31.0 Å². The van der Waals surface area contributed by atoms with E-state index in [0.29, 0.717) is 6.54 Å². The fraction of sp³-hybridized carbons (Fsp3) is 0.545. The Hall–Kier alpha value is -1.29. The minimum Gasteiger partial charge on any atom is -0.481 e. The van der Waals surface area contributed by atoms with Gasteiger partial charge in [-0.2, -0.15) is 0 Å². The Morgan fingerprint density at radius 2 is 2.40 bits per heavy atom. The van der Waals surface area contributed by atoms with Gasteiger partial charge < -0.3 is 9.52 Å². The number of rotatable bonds is 4. The fourth-order valence-corrected chi connectivity index (χ4v) is 1.87. The van der Waals surface area contributed by atoms with E-state index < -0.39 is 5.97 Å². The zero-order chi connectivity index (χ0) is 11.0. The first-order valence-electron chi connectivity index (χ1n) is 5.06. The largest absolute Gasteiger partial charge is 0.481 e. The van der Waals surface area contributed by atoms with Crippen molar-refractivity contribution in [2.75, 3.05) is 7.05 Å². The summed E-state index contributed by atoms with van der Waals surface area (Å²) >= 11 is 0. The lowest BCUT2D eigenvalue weighted by Gasteiger charge is -2.13. The molecule has 2 atom stereocenters. The quantitative estimate of drug-likeness (QED) is 0.816. The molecule has 1 saturated carbocycles. The van der Waals surface area contributed by atoms with Crippen LogP contribution in [0.25, 0.3) is 0 Å². The molecule has 2 rings (SSSR count). The smallest absolute Gasteiger partial charge is 0.308 e. The van der Waals surface area contributed by atoms with Gasteiger partial charge in [-0.3, -0.25) is 9.69 Å². The van der Waals surface area contributed by atoms with E-state index in [4.69, 9.17) is 9.52 Å². The summed E-state index contributed by atoms with van der Waals surface area (Å²) in [5.74, 6) is 0.906. The molecule has 4 nitrogen and oxygen atoms in total. The SMILES string of the molecule is Cc1ccc(CN(C)C2CC2C(=O)O)o1. The van der Waals surface area contributed by atoms with E-state index in [1.165, 1.54) is 0 Å². The monoisotopic (exact) mass is 209 g/mol. The van der Waals surface area contributed by atoms with Crippen LogP contribution in [0.3, 0.4) is 0 Å². The van der Waals surface area contributed by atoms with Crippen LogP contribution in [-0.2, 0) is 11.3 Å². The standard InChI is InChI=1S/C11H15NO3/c1-7-3-4-8(15-7)6-12(2)10-5-9(10)11(13)14/h3-4,9-10H,5-6H2,1-2H3,(H,13,14). The van der Waals surface area contributed by atoms with E-state index in [9.17, 15) is 4.79 Å². The van der Waals surface area contributed by atoms with E-state index in [1.54, 1.807) is 0 Å². The van der Waals surface area contributed by atoms with Gasteiger partial charge in [-0.05, 0) is 32.5 Å². The highest BCUT2D eigenvalue weighted by Crippen LogP contribution is 2.35. The first kappa shape index (κ1) is 10.2. The lowest BCUT2D eigenvalue weighted by molar-refractivity contribution is -0.139. The summed E-state index contributed by atoms with van der Waals surface area (Å²) in [6.07, 6.45) is 0.755. The maximum Gasteiger partial charge on any atom is 0.308 e. The molecule has 0 aromatic carbocycles. The van der Waals surface area contributed by atoms with Crippen LogP contribution in [0, 0.1) is 12.8 Å². The number of aliphatic carboxylic acids is 1. The Morgan fingerprint density at radius 1 is 1.67 bits per heavy atom. The summed E-state index contributed by atoms with van der Waals surface area (Å²) in [5, 5.41) is 8.79. The van der Waals surface area contributed by atoms with E-state index in [-0.39, 0.29) is 12.0 Å². The molecule has 82 valence electrons. The number of furan rings is 1. The van der Waals surface area contributed by atoms with Crippen LogP contribution in [0.2, 0.25) is 0 Å². The van der Waals surface area contributed by atoms with Gasteiger partial charge in [0.1, 0.15) is 11.5 Å². The molecule has 2 unspecified atom stereocenters. The van der Waals surface area contributed by atoms with Crippen molar-refractivity contribution >= 4 is 5.97 Å². The Kier molecular flexibility index (Phi) is 2.52. The Bertz CT molecular complexity index is 372. The molecular formula is C11H15NO3. The van der Waals surface area contributed by atoms with Crippen molar-refractivity contribution in [1.82, 2.24) is 4.90 Å². The third kappa shape index (κ3) is 2.21. The molecule has 1 aromatic heterocycles. The van der Waals surface area contributed by atoms with Crippen LogP contribution in [-0.4, -0.2) is 29.1 Å². The average Bonchev–Trinajstić information content (AvgIpc) is 2.86. The predicted molar refractivity (Wildman–Crippen MR) is 54.4 cm³/mol. The number of carboxylic acids is 1. The van der Waals surface area contributed by atoms with Crippen LogP contribution in [0.1, 0.15) is 17.9 Å². The maximum absolute atomic E-state index is 10.7. The minimum absolute atomic E-state index is 0.174. The minimum atomic E-state index is -0.692. The summed E-state index contributed by atoms with van der Waals surface area (Å²) in [4.78, 5) is 12.7. The third-order valence-electron chi connectivity index (χ3n) is 2.84. The second kappa shape index (κ2) is 3.70. The topological polar surface area (TPSA) is 53.7 Å². The summed E-state index contributed by atoms with van der Waals surface area (Å²) < 4.78 is 5.44. The van der Waals surface area contributed by atoms with Gasteiger partial charge in [-0.25, -0.2) is 0 Å². The molecule has 0 saturated heterocycles. The number of hydrogen-bond donors (Lipinski definition) is 1. The normalized spacial score (nSPS) is 24.5. The zero-order valence-corrected chi connectivity index (χ0v) is 8.93. The molecule has 1 N–H and O–H groups in total. The van der Waals surface area contributed by atoms with E-state index in [0.717, 1.165) is 17.9 Å². The molecular weight excluding hydrogens is 194 g/mol. The second-order valence-corrected chi connectivity index (χ2v) is 4.18. The highest BCUT2D eigenvalue weighted by molar-refractivity contribution is 5.74. The Labute approximate surface area is 88.5 Å². The summed E-state index contributed by atoms with van der Waals surface area (Å²) in [6.45, 7) is 2.59. The molecule has 15 heavy (non-hydrogen) atoms. The van der Waals surface area contributed by atoms with Crippen molar-refractivity contribution in [3.63, 3.8) is 0 Å². The molecule has 0 amide bonds. The lowest BCUT2D eigenvalue weighted by Crippen LogP contribution is -2.23. The molecule has 0 aliphatic heterocycles. The van der Waals surface area contributed by atoms with E-state index in [2.05, 4.69) is 0 Å². The van der Waals surface area contributed by atoms with Crippen molar-refractivity contribution < 1.29 is 14.3 Å². The number of nitrogens with zero attached hydrogens (tertiary/aromatic N) is 1. The predicted octanol–water partition coefficient (Wildman–Crippen LogP) is 1.49. The highest BCUT2D eigenvalue weighted by Gasteiger charge is 2.45. The van der Waals surface area contributed by atoms with Crippen LogP contribution < -0.4 is 0 Å². The third-order valence-corrected chi connectivity index (χ3v) is 2.84. The fourth-order valence-electron chi connectivity index (χ4n) is 1.87. The first-order valence-corrected chi connectivity index (χ1v) is 5.06. The van der Waals surface area contributed by atoms with Gasteiger partial charge in [0.2, 0.25) is 0 Å². The first-order chi connectivity index (χ1) is 7.08. The van der Waals surface area contributed by atoms with Crippen LogP contribution in [0.5, 0.6) is 0 Å². The number of carboxylic acid groups (broad SMARTS) is 1. The molecule has 0 spiro atoms. The molecule has 0 bridgehead atoms.